The van der Waals surface area contributed by atoms with Crippen LogP contribution in [0.15, 0.2) is 29.3 Å². The number of halogens is 1. The van der Waals surface area contributed by atoms with E-state index in [-0.39, 0.29) is 23.3 Å². The van der Waals surface area contributed by atoms with Crippen LogP contribution in [0.5, 0.6) is 0 Å². The predicted octanol–water partition coefficient (Wildman–Crippen LogP) is 2.26. The van der Waals surface area contributed by atoms with Gasteiger partial charge in [-0.2, -0.15) is 0 Å². The Morgan fingerprint density at radius 2 is 2.07 bits per heavy atom. The van der Waals surface area contributed by atoms with Gasteiger partial charge >= 0.3 is 0 Å². The molecule has 1 aromatic carbocycles. The van der Waals surface area contributed by atoms with Gasteiger partial charge in [0, 0.05) is 37.4 Å². The number of amides is 1. The number of anilines is 1. The zero-order chi connectivity index (χ0) is 19.8. The second-order valence-corrected chi connectivity index (χ2v) is 7.56. The summed E-state index contributed by atoms with van der Waals surface area (Å²) in [6.07, 6.45) is 3.89. The van der Waals surface area contributed by atoms with Gasteiger partial charge in [0.05, 0.1) is 18.1 Å². The Bertz CT molecular complexity index is 971. The number of carbonyl (C=O) groups is 1. The van der Waals surface area contributed by atoms with Gasteiger partial charge in [-0.25, -0.2) is 9.37 Å². The normalized spacial score (nSPS) is 20.3. The van der Waals surface area contributed by atoms with Gasteiger partial charge in [-0.15, -0.1) is 0 Å². The number of piperidine rings is 1. The van der Waals surface area contributed by atoms with E-state index in [1.54, 1.807) is 21.9 Å². The van der Waals surface area contributed by atoms with Crippen molar-refractivity contribution in [1.82, 2.24) is 14.5 Å². The first-order chi connectivity index (χ1) is 13.5. The molecule has 6 nitrogen and oxygen atoms in total. The lowest BCUT2D eigenvalue weighted by molar-refractivity contribution is -0.125. The molecule has 4 rings (SSSR count). The molecule has 1 saturated heterocycles. The lowest BCUT2D eigenvalue weighted by Gasteiger charge is -2.40. The van der Waals surface area contributed by atoms with Crippen LogP contribution in [0.4, 0.5) is 10.1 Å². The van der Waals surface area contributed by atoms with Crippen molar-refractivity contribution in [2.24, 2.45) is 0 Å². The van der Waals surface area contributed by atoms with E-state index in [4.69, 9.17) is 0 Å². The molecule has 0 bridgehead atoms. The number of hydrogen-bond acceptors (Lipinski definition) is 4. The Morgan fingerprint density at radius 1 is 1.25 bits per heavy atom. The van der Waals surface area contributed by atoms with E-state index in [0.717, 1.165) is 35.3 Å². The van der Waals surface area contributed by atoms with E-state index in [9.17, 15) is 14.0 Å². The van der Waals surface area contributed by atoms with Gasteiger partial charge in [0.2, 0.25) is 5.91 Å². The van der Waals surface area contributed by atoms with Gasteiger partial charge in [-0.3, -0.25) is 19.1 Å². The molecule has 3 heterocycles. The minimum atomic E-state index is -0.293. The molecule has 0 radical (unpaired) electrons. The average molecular weight is 384 g/mol. The van der Waals surface area contributed by atoms with Crippen molar-refractivity contribution in [3.05, 3.63) is 57.5 Å². The highest BCUT2D eigenvalue weighted by atomic mass is 19.1. The number of rotatable bonds is 3. The van der Waals surface area contributed by atoms with E-state index >= 15 is 0 Å². The summed E-state index contributed by atoms with van der Waals surface area (Å²) in [7, 11) is 0. The van der Waals surface area contributed by atoms with Crippen LogP contribution >= 0.6 is 0 Å². The molecular weight excluding hydrogens is 359 g/mol. The van der Waals surface area contributed by atoms with Crippen molar-refractivity contribution >= 4 is 11.6 Å². The number of carbonyl (C=O) groups excluding carboxylic acids is 1. The molecule has 1 atom stereocenters. The van der Waals surface area contributed by atoms with Crippen LogP contribution in [0.25, 0.3) is 0 Å². The molecule has 0 aliphatic carbocycles. The van der Waals surface area contributed by atoms with Crippen LogP contribution in [-0.2, 0) is 24.3 Å². The van der Waals surface area contributed by atoms with Crippen molar-refractivity contribution in [2.45, 2.75) is 52.2 Å². The van der Waals surface area contributed by atoms with Gasteiger partial charge in [0.1, 0.15) is 5.82 Å². The SMILES string of the molecule is CCn1cnc2c(c1=O)CCN([C@@H]1CCCN(c3ccc(F)cc3C)C1=O)C2. The molecule has 1 amide bonds. The second kappa shape index (κ2) is 7.47. The first-order valence-electron chi connectivity index (χ1n) is 9.88. The number of aryl methyl sites for hydroxylation is 2. The maximum atomic E-state index is 13.5. The number of benzene rings is 1. The number of fused-ring (bicyclic) bond motifs is 1. The number of hydrogen-bond donors (Lipinski definition) is 0. The van der Waals surface area contributed by atoms with Crippen LogP contribution in [0.3, 0.4) is 0 Å². The fourth-order valence-electron chi connectivity index (χ4n) is 4.33. The van der Waals surface area contributed by atoms with Crippen LogP contribution in [0, 0.1) is 12.7 Å². The standard InChI is InChI=1S/C21H25FN4O2/c1-3-24-13-23-17-12-25(10-8-16(17)20(24)27)19-5-4-9-26(21(19)28)18-7-6-15(22)11-14(18)2/h6-7,11,13,19H,3-5,8-10,12H2,1-2H3/t19-/m1/s1. The molecule has 7 heteroatoms. The first-order valence-corrected chi connectivity index (χ1v) is 9.88. The van der Waals surface area contributed by atoms with E-state index in [1.807, 2.05) is 13.8 Å². The summed E-state index contributed by atoms with van der Waals surface area (Å²) in [4.78, 5) is 34.1. The van der Waals surface area contributed by atoms with Crippen molar-refractivity contribution < 1.29 is 9.18 Å². The minimum absolute atomic E-state index is 0.0330. The van der Waals surface area contributed by atoms with Crippen LogP contribution in [-0.4, -0.2) is 39.5 Å². The zero-order valence-corrected chi connectivity index (χ0v) is 16.3. The molecule has 0 unspecified atom stereocenters. The van der Waals surface area contributed by atoms with Crippen molar-refractivity contribution in [1.29, 1.82) is 0 Å². The maximum Gasteiger partial charge on any atom is 0.256 e. The fourth-order valence-corrected chi connectivity index (χ4v) is 4.33. The molecule has 2 aromatic rings. The monoisotopic (exact) mass is 384 g/mol. The Morgan fingerprint density at radius 3 is 2.82 bits per heavy atom. The Hall–Kier alpha value is -2.54. The Labute approximate surface area is 163 Å². The summed E-state index contributed by atoms with van der Waals surface area (Å²) >= 11 is 0. The average Bonchev–Trinajstić information content (AvgIpc) is 2.69. The summed E-state index contributed by atoms with van der Waals surface area (Å²) in [6, 6.07) is 4.32. The first kappa shape index (κ1) is 18.8. The van der Waals surface area contributed by atoms with Crippen LogP contribution < -0.4 is 10.5 Å². The highest BCUT2D eigenvalue weighted by Crippen LogP contribution is 2.29. The number of aromatic nitrogens is 2. The smallest absolute Gasteiger partial charge is 0.256 e. The largest absolute Gasteiger partial charge is 0.311 e. The van der Waals surface area contributed by atoms with Crippen LogP contribution in [0.2, 0.25) is 0 Å². The summed E-state index contributed by atoms with van der Waals surface area (Å²) in [5, 5.41) is 0. The van der Waals surface area contributed by atoms with E-state index in [2.05, 4.69) is 9.88 Å². The van der Waals surface area contributed by atoms with Crippen LogP contribution in [0.1, 0.15) is 36.6 Å². The minimum Gasteiger partial charge on any atom is -0.311 e. The van der Waals surface area contributed by atoms with Gasteiger partial charge in [-0.1, -0.05) is 0 Å². The zero-order valence-electron chi connectivity index (χ0n) is 16.3. The van der Waals surface area contributed by atoms with E-state index in [0.29, 0.717) is 32.6 Å². The summed E-state index contributed by atoms with van der Waals surface area (Å²) in [5.41, 5.74) is 3.13. The van der Waals surface area contributed by atoms with Gasteiger partial charge in [0.25, 0.3) is 5.56 Å². The summed E-state index contributed by atoms with van der Waals surface area (Å²) < 4.78 is 15.1. The third kappa shape index (κ3) is 3.24. The Kier molecular flexibility index (Phi) is 5.02. The van der Waals surface area contributed by atoms with E-state index in [1.165, 1.54) is 12.1 Å². The van der Waals surface area contributed by atoms with Gasteiger partial charge in [-0.05, 0) is 56.9 Å². The number of nitrogens with zero attached hydrogens (tertiary/aromatic N) is 4. The lowest BCUT2D eigenvalue weighted by atomic mass is 9.97. The molecule has 0 spiro atoms. The Balaban J connectivity index is 1.57. The second-order valence-electron chi connectivity index (χ2n) is 7.56. The molecule has 28 heavy (non-hydrogen) atoms. The van der Waals surface area contributed by atoms with Crippen molar-refractivity contribution in [3.8, 4) is 0 Å². The molecule has 1 aromatic heterocycles. The topological polar surface area (TPSA) is 58.4 Å². The molecule has 2 aliphatic rings. The van der Waals surface area contributed by atoms with Gasteiger partial charge in [0.15, 0.2) is 0 Å². The molecule has 1 fully saturated rings. The molecule has 0 saturated carbocycles. The predicted molar refractivity (Wildman–Crippen MR) is 105 cm³/mol. The fraction of sp³-hybridized carbons (Fsp3) is 0.476. The summed E-state index contributed by atoms with van der Waals surface area (Å²) in [5.74, 6) is -0.245. The highest BCUT2D eigenvalue weighted by Gasteiger charge is 2.36. The van der Waals surface area contributed by atoms with Gasteiger partial charge < -0.3 is 4.90 Å². The van der Waals surface area contributed by atoms with Crippen molar-refractivity contribution in [2.75, 3.05) is 18.0 Å². The quantitative estimate of drug-likeness (QED) is 0.815. The molecule has 0 N–H and O–H groups in total. The molecule has 2 aliphatic heterocycles. The summed E-state index contributed by atoms with van der Waals surface area (Å²) in [6.45, 7) is 6.19. The highest BCUT2D eigenvalue weighted by molar-refractivity contribution is 5.98. The molecular formula is C21H25FN4O2. The third-order valence-electron chi connectivity index (χ3n) is 5.86. The third-order valence-corrected chi connectivity index (χ3v) is 5.86. The molecule has 148 valence electrons. The van der Waals surface area contributed by atoms with Crippen molar-refractivity contribution in [3.63, 3.8) is 0 Å². The lowest BCUT2D eigenvalue weighted by Crippen LogP contribution is -2.54. The maximum absolute atomic E-state index is 13.5. The van der Waals surface area contributed by atoms with E-state index < -0.39 is 0 Å².